The van der Waals surface area contributed by atoms with Crippen LogP contribution in [0.5, 0.6) is 0 Å². The lowest BCUT2D eigenvalue weighted by Crippen LogP contribution is -2.02. The Bertz CT molecular complexity index is 478. The van der Waals surface area contributed by atoms with Gasteiger partial charge in [-0.15, -0.1) is 5.10 Å². The molecule has 0 aliphatic rings. The number of nitrogens with zero attached hydrogens (tertiary/aromatic N) is 3. The van der Waals surface area contributed by atoms with Crippen LogP contribution in [0.4, 0.5) is 4.39 Å². The van der Waals surface area contributed by atoms with Crippen LogP contribution in [0.1, 0.15) is 19.9 Å². The molecule has 2 rings (SSSR count). The van der Waals surface area contributed by atoms with Crippen molar-refractivity contribution in [3.8, 4) is 0 Å². The lowest BCUT2D eigenvalue weighted by molar-refractivity contribution is 0.530. The minimum atomic E-state index is -0.312. The van der Waals surface area contributed by atoms with E-state index in [-0.39, 0.29) is 11.9 Å². The minimum absolute atomic E-state index is 0.220. The summed E-state index contributed by atoms with van der Waals surface area (Å²) in [5.74, 6) is -0.312. The van der Waals surface area contributed by atoms with Gasteiger partial charge in [-0.1, -0.05) is 5.21 Å². The maximum absolute atomic E-state index is 13.1. The first-order valence-corrected chi connectivity index (χ1v) is 5.09. The third kappa shape index (κ3) is 1.41. The second-order valence-electron chi connectivity index (χ2n) is 3.38. The molecule has 74 valence electrons. The van der Waals surface area contributed by atoms with Crippen LogP contribution in [0.15, 0.2) is 16.6 Å². The number of fused-ring (bicyclic) bond motifs is 1. The van der Waals surface area contributed by atoms with Crippen molar-refractivity contribution >= 4 is 27.0 Å². The lowest BCUT2D eigenvalue weighted by Gasteiger charge is -2.05. The van der Waals surface area contributed by atoms with Gasteiger partial charge in [0, 0.05) is 12.1 Å². The van der Waals surface area contributed by atoms with Crippen molar-refractivity contribution in [3.05, 3.63) is 22.4 Å². The van der Waals surface area contributed by atoms with Gasteiger partial charge in [-0.05, 0) is 35.8 Å². The SMILES string of the molecule is CC(C)n1nnc2cc(F)c(Br)cc21. The van der Waals surface area contributed by atoms with Crippen molar-refractivity contribution in [2.75, 3.05) is 0 Å². The maximum atomic E-state index is 13.1. The Balaban J connectivity index is 2.74. The molecular weight excluding hydrogens is 249 g/mol. The molecule has 0 fully saturated rings. The molecule has 0 saturated carbocycles. The van der Waals surface area contributed by atoms with E-state index in [9.17, 15) is 4.39 Å². The Hall–Kier alpha value is -0.970. The minimum Gasteiger partial charge on any atom is -0.242 e. The van der Waals surface area contributed by atoms with Gasteiger partial charge in [0.25, 0.3) is 0 Å². The van der Waals surface area contributed by atoms with E-state index in [0.29, 0.717) is 9.99 Å². The van der Waals surface area contributed by atoms with Gasteiger partial charge in [-0.25, -0.2) is 9.07 Å². The average molecular weight is 258 g/mol. The largest absolute Gasteiger partial charge is 0.242 e. The van der Waals surface area contributed by atoms with E-state index in [4.69, 9.17) is 0 Å². The van der Waals surface area contributed by atoms with Crippen molar-refractivity contribution < 1.29 is 4.39 Å². The fraction of sp³-hybridized carbons (Fsp3) is 0.333. The van der Waals surface area contributed by atoms with Gasteiger partial charge in [0.15, 0.2) is 0 Å². The second kappa shape index (κ2) is 3.31. The zero-order chi connectivity index (χ0) is 10.3. The predicted octanol–water partition coefficient (Wildman–Crippen LogP) is 2.91. The molecule has 0 aliphatic heterocycles. The van der Waals surface area contributed by atoms with Gasteiger partial charge in [0.2, 0.25) is 0 Å². The Labute approximate surface area is 89.0 Å². The highest BCUT2D eigenvalue weighted by molar-refractivity contribution is 9.10. The molecule has 1 heterocycles. The van der Waals surface area contributed by atoms with Crippen molar-refractivity contribution in [3.63, 3.8) is 0 Å². The molecule has 0 amide bonds. The van der Waals surface area contributed by atoms with E-state index in [1.54, 1.807) is 10.7 Å². The number of hydrogen-bond donors (Lipinski definition) is 0. The van der Waals surface area contributed by atoms with Crippen LogP contribution in [0.25, 0.3) is 11.0 Å². The number of rotatable bonds is 1. The molecule has 0 saturated heterocycles. The highest BCUT2D eigenvalue weighted by Gasteiger charge is 2.10. The number of aromatic nitrogens is 3. The molecule has 0 radical (unpaired) electrons. The molecule has 1 aromatic heterocycles. The Morgan fingerprint density at radius 1 is 1.43 bits per heavy atom. The van der Waals surface area contributed by atoms with E-state index >= 15 is 0 Å². The molecule has 0 atom stereocenters. The van der Waals surface area contributed by atoms with Gasteiger partial charge in [-0.3, -0.25) is 0 Å². The molecule has 3 nitrogen and oxygen atoms in total. The topological polar surface area (TPSA) is 30.7 Å². The quantitative estimate of drug-likeness (QED) is 0.787. The molecule has 0 aliphatic carbocycles. The molecule has 0 bridgehead atoms. The van der Waals surface area contributed by atoms with E-state index in [0.717, 1.165) is 5.52 Å². The Morgan fingerprint density at radius 3 is 2.79 bits per heavy atom. The molecule has 1 aromatic carbocycles. The van der Waals surface area contributed by atoms with E-state index in [2.05, 4.69) is 26.2 Å². The smallest absolute Gasteiger partial charge is 0.139 e. The molecule has 5 heteroatoms. The van der Waals surface area contributed by atoms with Crippen molar-refractivity contribution in [2.24, 2.45) is 0 Å². The normalized spacial score (nSPS) is 11.5. The lowest BCUT2D eigenvalue weighted by atomic mass is 10.3. The van der Waals surface area contributed by atoms with Crippen LogP contribution in [0.2, 0.25) is 0 Å². The fourth-order valence-corrected chi connectivity index (χ4v) is 1.65. The van der Waals surface area contributed by atoms with Crippen LogP contribution >= 0.6 is 15.9 Å². The molecule has 0 spiro atoms. The van der Waals surface area contributed by atoms with Gasteiger partial charge >= 0.3 is 0 Å². The molecule has 2 aromatic rings. The Morgan fingerprint density at radius 2 is 2.14 bits per heavy atom. The first kappa shape index (κ1) is 9.58. The zero-order valence-corrected chi connectivity index (χ0v) is 9.42. The number of benzene rings is 1. The van der Waals surface area contributed by atoms with Gasteiger partial charge < -0.3 is 0 Å². The Kier molecular flexibility index (Phi) is 2.26. The van der Waals surface area contributed by atoms with E-state index < -0.39 is 0 Å². The summed E-state index contributed by atoms with van der Waals surface area (Å²) < 4.78 is 15.3. The summed E-state index contributed by atoms with van der Waals surface area (Å²) in [6.07, 6.45) is 0. The number of halogens is 2. The van der Waals surface area contributed by atoms with Crippen LogP contribution in [-0.4, -0.2) is 15.0 Å². The first-order valence-electron chi connectivity index (χ1n) is 4.29. The van der Waals surface area contributed by atoms with Crippen molar-refractivity contribution in [1.29, 1.82) is 0 Å². The summed E-state index contributed by atoms with van der Waals surface area (Å²) in [4.78, 5) is 0. The van der Waals surface area contributed by atoms with Crippen molar-refractivity contribution in [1.82, 2.24) is 15.0 Å². The van der Waals surface area contributed by atoms with E-state index in [1.807, 2.05) is 13.8 Å². The molecule has 0 unspecified atom stereocenters. The highest BCUT2D eigenvalue weighted by Crippen LogP contribution is 2.23. The van der Waals surface area contributed by atoms with Crippen molar-refractivity contribution in [2.45, 2.75) is 19.9 Å². The summed E-state index contributed by atoms with van der Waals surface area (Å²) in [6, 6.07) is 3.30. The summed E-state index contributed by atoms with van der Waals surface area (Å²) in [5.41, 5.74) is 1.42. The molecule has 14 heavy (non-hydrogen) atoms. The second-order valence-corrected chi connectivity index (χ2v) is 4.24. The third-order valence-electron chi connectivity index (χ3n) is 2.00. The van der Waals surface area contributed by atoms with E-state index in [1.165, 1.54) is 6.07 Å². The fourth-order valence-electron chi connectivity index (χ4n) is 1.32. The van der Waals surface area contributed by atoms with Gasteiger partial charge in [-0.2, -0.15) is 0 Å². The van der Waals surface area contributed by atoms with Crippen LogP contribution < -0.4 is 0 Å². The maximum Gasteiger partial charge on any atom is 0.139 e. The standard InChI is InChI=1S/C9H9BrFN3/c1-5(2)14-9-3-6(10)7(11)4-8(9)12-13-14/h3-5H,1-2H3. The zero-order valence-electron chi connectivity index (χ0n) is 7.83. The molecule has 0 N–H and O–H groups in total. The monoisotopic (exact) mass is 257 g/mol. The molecular formula is C9H9BrFN3. The number of hydrogen-bond acceptors (Lipinski definition) is 2. The summed E-state index contributed by atoms with van der Waals surface area (Å²) in [7, 11) is 0. The summed E-state index contributed by atoms with van der Waals surface area (Å²) >= 11 is 3.14. The van der Waals surface area contributed by atoms with Crippen LogP contribution in [0, 0.1) is 5.82 Å². The summed E-state index contributed by atoms with van der Waals surface area (Å²) in [5, 5.41) is 7.85. The summed E-state index contributed by atoms with van der Waals surface area (Å²) in [6.45, 7) is 4.01. The first-order chi connectivity index (χ1) is 6.59. The third-order valence-corrected chi connectivity index (χ3v) is 2.61. The van der Waals surface area contributed by atoms with Gasteiger partial charge in [0.05, 0.1) is 9.99 Å². The highest BCUT2D eigenvalue weighted by atomic mass is 79.9. The van der Waals surface area contributed by atoms with Crippen LogP contribution in [-0.2, 0) is 0 Å². The van der Waals surface area contributed by atoms with Gasteiger partial charge in [0.1, 0.15) is 11.3 Å². The van der Waals surface area contributed by atoms with Crippen LogP contribution in [0.3, 0.4) is 0 Å². The predicted molar refractivity (Wildman–Crippen MR) is 55.6 cm³/mol. The average Bonchev–Trinajstić information content (AvgIpc) is 2.48.